The van der Waals surface area contributed by atoms with Crippen LogP contribution in [0.3, 0.4) is 0 Å². The van der Waals surface area contributed by atoms with Crippen molar-refractivity contribution >= 4 is 11.6 Å². The predicted octanol–water partition coefficient (Wildman–Crippen LogP) is 3.66. The van der Waals surface area contributed by atoms with Crippen LogP contribution in [0.25, 0.3) is 11.1 Å². The molecule has 0 aliphatic heterocycles. The van der Waals surface area contributed by atoms with Crippen molar-refractivity contribution in [3.05, 3.63) is 66.5 Å². The van der Waals surface area contributed by atoms with Crippen molar-refractivity contribution in [1.82, 2.24) is 0 Å². The molecule has 102 valence electrons. The molecule has 3 rings (SSSR count). The van der Waals surface area contributed by atoms with Gasteiger partial charge in [-0.3, -0.25) is 4.79 Å². The molecule has 3 aromatic rings. The first-order chi connectivity index (χ1) is 10.3. The quantitative estimate of drug-likeness (QED) is 0.792. The third-order valence-corrected chi connectivity index (χ3v) is 3.00. The third-order valence-electron chi connectivity index (χ3n) is 3.00. The molecule has 5 nitrogen and oxygen atoms in total. The van der Waals surface area contributed by atoms with Gasteiger partial charge in [0.1, 0.15) is 11.6 Å². The summed E-state index contributed by atoms with van der Waals surface area (Å²) in [5.74, 6) is -0.466. The predicted molar refractivity (Wildman–Crippen MR) is 75.5 cm³/mol. The van der Waals surface area contributed by atoms with E-state index in [1.165, 1.54) is 12.3 Å². The van der Waals surface area contributed by atoms with E-state index in [0.29, 0.717) is 5.69 Å². The molecule has 2 aromatic heterocycles. The van der Waals surface area contributed by atoms with Gasteiger partial charge in [-0.25, -0.2) is 0 Å². The molecule has 0 spiro atoms. The van der Waals surface area contributed by atoms with Gasteiger partial charge in [0.15, 0.2) is 0 Å². The van der Waals surface area contributed by atoms with Gasteiger partial charge in [-0.2, -0.15) is 5.26 Å². The molecule has 2 heterocycles. The number of rotatable bonds is 3. The number of nitriles is 1. The number of carbonyl (C=O) groups excluding carboxylic acids is 1. The van der Waals surface area contributed by atoms with Crippen LogP contribution < -0.4 is 5.32 Å². The molecule has 1 aromatic carbocycles. The number of hydrogen-bond donors (Lipinski definition) is 1. The van der Waals surface area contributed by atoms with Gasteiger partial charge in [0.2, 0.25) is 5.76 Å². The zero-order valence-electron chi connectivity index (χ0n) is 10.9. The van der Waals surface area contributed by atoms with E-state index >= 15 is 0 Å². The zero-order chi connectivity index (χ0) is 14.7. The van der Waals surface area contributed by atoms with Crippen LogP contribution >= 0.6 is 0 Å². The highest BCUT2D eigenvalue weighted by Gasteiger charge is 2.17. The number of furan rings is 2. The molecule has 21 heavy (non-hydrogen) atoms. The SMILES string of the molecule is N#Cc1ccoc1C(=O)Nc1ccccc1-c1ccoc1. The standard InChI is InChI=1S/C16H10N2O3/c17-9-11-6-8-21-15(11)16(19)18-14-4-2-1-3-13(14)12-5-7-20-10-12/h1-8,10H,(H,18,19). The number of benzene rings is 1. The lowest BCUT2D eigenvalue weighted by atomic mass is 10.1. The summed E-state index contributed by atoms with van der Waals surface area (Å²) in [6.07, 6.45) is 4.47. The van der Waals surface area contributed by atoms with E-state index in [1.54, 1.807) is 24.7 Å². The first-order valence-electron chi connectivity index (χ1n) is 6.20. The normalized spacial score (nSPS) is 10.0. The van der Waals surface area contributed by atoms with Crippen molar-refractivity contribution in [2.45, 2.75) is 0 Å². The fourth-order valence-corrected chi connectivity index (χ4v) is 2.01. The van der Waals surface area contributed by atoms with Crippen molar-refractivity contribution in [3.8, 4) is 17.2 Å². The Kier molecular flexibility index (Phi) is 3.27. The molecular formula is C16H10N2O3. The van der Waals surface area contributed by atoms with Crippen LogP contribution in [0.15, 0.2) is 64.0 Å². The van der Waals surface area contributed by atoms with Gasteiger partial charge in [0.05, 0.1) is 18.8 Å². The number of hydrogen-bond acceptors (Lipinski definition) is 4. The second-order valence-electron chi connectivity index (χ2n) is 4.29. The minimum absolute atomic E-state index is 0.000466. The molecule has 0 bridgehead atoms. The van der Waals surface area contributed by atoms with Crippen LogP contribution in [-0.4, -0.2) is 5.91 Å². The second kappa shape index (κ2) is 5.39. The van der Waals surface area contributed by atoms with Gasteiger partial charge < -0.3 is 14.2 Å². The molecule has 0 radical (unpaired) electrons. The molecule has 0 aliphatic rings. The van der Waals surface area contributed by atoms with Gasteiger partial charge in [0.25, 0.3) is 5.91 Å². The number of anilines is 1. The average molecular weight is 278 g/mol. The van der Waals surface area contributed by atoms with Crippen molar-refractivity contribution < 1.29 is 13.6 Å². The molecule has 1 amide bonds. The minimum atomic E-state index is -0.465. The topological polar surface area (TPSA) is 79.2 Å². The summed E-state index contributed by atoms with van der Waals surface area (Å²) >= 11 is 0. The van der Waals surface area contributed by atoms with Gasteiger partial charge >= 0.3 is 0 Å². The summed E-state index contributed by atoms with van der Waals surface area (Å²) in [7, 11) is 0. The highest BCUT2D eigenvalue weighted by atomic mass is 16.3. The molecule has 0 saturated carbocycles. The third kappa shape index (κ3) is 2.42. The first-order valence-corrected chi connectivity index (χ1v) is 6.20. The van der Waals surface area contributed by atoms with E-state index in [0.717, 1.165) is 11.1 Å². The lowest BCUT2D eigenvalue weighted by molar-refractivity contribution is 0.0996. The fourth-order valence-electron chi connectivity index (χ4n) is 2.01. The summed E-state index contributed by atoms with van der Waals surface area (Å²) in [5.41, 5.74) is 2.49. The molecule has 1 N–H and O–H groups in total. The van der Waals surface area contributed by atoms with E-state index in [4.69, 9.17) is 14.1 Å². The Balaban J connectivity index is 1.93. The average Bonchev–Trinajstić information content (AvgIpc) is 3.19. The maximum atomic E-state index is 12.2. The minimum Gasteiger partial charge on any atom is -0.472 e. The molecule has 0 fully saturated rings. The molecule has 0 aliphatic carbocycles. The summed E-state index contributed by atoms with van der Waals surface area (Å²) in [5, 5.41) is 11.7. The van der Waals surface area contributed by atoms with Crippen molar-refractivity contribution in [2.24, 2.45) is 0 Å². The van der Waals surface area contributed by atoms with Gasteiger partial charge in [-0.05, 0) is 18.2 Å². The van der Waals surface area contributed by atoms with Gasteiger partial charge in [-0.1, -0.05) is 18.2 Å². The Morgan fingerprint density at radius 3 is 2.76 bits per heavy atom. The number of nitrogens with one attached hydrogen (secondary N) is 1. The Labute approximate surface area is 120 Å². The van der Waals surface area contributed by atoms with E-state index in [-0.39, 0.29) is 11.3 Å². The maximum absolute atomic E-state index is 12.2. The van der Waals surface area contributed by atoms with E-state index < -0.39 is 5.91 Å². The Bertz CT molecular complexity index is 810. The van der Waals surface area contributed by atoms with Gasteiger partial charge in [-0.15, -0.1) is 0 Å². The van der Waals surface area contributed by atoms with Crippen LogP contribution in [0.1, 0.15) is 16.1 Å². The van der Waals surface area contributed by atoms with Crippen LogP contribution in [-0.2, 0) is 0 Å². The smallest absolute Gasteiger partial charge is 0.292 e. The number of carbonyl (C=O) groups is 1. The number of para-hydroxylation sites is 1. The van der Waals surface area contributed by atoms with Crippen molar-refractivity contribution in [3.63, 3.8) is 0 Å². The summed E-state index contributed by atoms with van der Waals surface area (Å²) in [6.45, 7) is 0. The second-order valence-corrected chi connectivity index (χ2v) is 4.29. The molecule has 0 unspecified atom stereocenters. The number of amides is 1. The van der Waals surface area contributed by atoms with Crippen LogP contribution in [0.5, 0.6) is 0 Å². The highest BCUT2D eigenvalue weighted by Crippen LogP contribution is 2.28. The monoisotopic (exact) mass is 278 g/mol. The van der Waals surface area contributed by atoms with Crippen molar-refractivity contribution in [2.75, 3.05) is 5.32 Å². The van der Waals surface area contributed by atoms with Crippen LogP contribution in [0.2, 0.25) is 0 Å². The van der Waals surface area contributed by atoms with E-state index in [1.807, 2.05) is 24.3 Å². The lowest BCUT2D eigenvalue weighted by Crippen LogP contribution is -2.12. The Hall–Kier alpha value is -3.26. The maximum Gasteiger partial charge on any atom is 0.292 e. The summed E-state index contributed by atoms with van der Waals surface area (Å²) in [4.78, 5) is 12.2. The number of nitrogens with zero attached hydrogens (tertiary/aromatic N) is 1. The molecular weight excluding hydrogens is 268 g/mol. The zero-order valence-corrected chi connectivity index (χ0v) is 10.9. The first kappa shape index (κ1) is 12.8. The molecule has 5 heteroatoms. The fraction of sp³-hybridized carbons (Fsp3) is 0. The summed E-state index contributed by atoms with van der Waals surface area (Å²) in [6, 6.07) is 12.5. The molecule has 0 saturated heterocycles. The highest BCUT2D eigenvalue weighted by molar-refractivity contribution is 6.05. The van der Waals surface area contributed by atoms with Crippen molar-refractivity contribution in [1.29, 1.82) is 5.26 Å². The van der Waals surface area contributed by atoms with Crippen LogP contribution in [0, 0.1) is 11.3 Å². The van der Waals surface area contributed by atoms with Gasteiger partial charge in [0, 0.05) is 16.8 Å². The Morgan fingerprint density at radius 1 is 1.14 bits per heavy atom. The molecule has 0 atom stereocenters. The Morgan fingerprint density at radius 2 is 2.00 bits per heavy atom. The largest absolute Gasteiger partial charge is 0.472 e. The van der Waals surface area contributed by atoms with E-state index in [2.05, 4.69) is 5.32 Å². The van der Waals surface area contributed by atoms with Crippen LogP contribution in [0.4, 0.5) is 5.69 Å². The lowest BCUT2D eigenvalue weighted by Gasteiger charge is -2.08. The summed E-state index contributed by atoms with van der Waals surface area (Å²) < 4.78 is 10.1. The van der Waals surface area contributed by atoms with E-state index in [9.17, 15) is 4.79 Å².